The molecule has 0 saturated heterocycles. The number of hydrogen-bond acceptors (Lipinski definition) is 2. The van der Waals surface area contributed by atoms with Gasteiger partial charge < -0.3 is 9.84 Å². The number of aromatic carboxylic acids is 1. The molecule has 0 atom stereocenters. The number of halogens is 1. The van der Waals surface area contributed by atoms with Crippen LogP contribution in [-0.4, -0.2) is 17.7 Å². The topological polar surface area (TPSA) is 46.5 Å². The van der Waals surface area contributed by atoms with Crippen molar-refractivity contribution in [2.24, 2.45) is 0 Å². The van der Waals surface area contributed by atoms with E-state index in [1.54, 1.807) is 0 Å². The van der Waals surface area contributed by atoms with Gasteiger partial charge in [-0.25, -0.2) is 9.18 Å². The molecule has 0 aliphatic heterocycles. The molecule has 1 aromatic carbocycles. The van der Waals surface area contributed by atoms with Crippen LogP contribution in [0.1, 0.15) is 22.3 Å². The second-order valence-electron chi connectivity index (χ2n) is 3.13. The van der Waals surface area contributed by atoms with E-state index in [-0.39, 0.29) is 12.2 Å². The zero-order valence-electron chi connectivity index (χ0n) is 8.57. The summed E-state index contributed by atoms with van der Waals surface area (Å²) in [6.07, 6.45) is 5.53. The average Bonchev–Trinajstić information content (AvgIpc) is 2.26. The molecule has 0 aliphatic carbocycles. The first-order valence-electron chi connectivity index (χ1n) is 4.68. The molecule has 16 heavy (non-hydrogen) atoms. The van der Waals surface area contributed by atoms with E-state index in [2.05, 4.69) is 5.92 Å². The van der Waals surface area contributed by atoms with Crippen molar-refractivity contribution in [2.45, 2.75) is 13.0 Å². The van der Waals surface area contributed by atoms with Gasteiger partial charge in [0.15, 0.2) is 0 Å². The summed E-state index contributed by atoms with van der Waals surface area (Å²) >= 11 is 0. The molecule has 0 unspecified atom stereocenters. The van der Waals surface area contributed by atoms with Crippen LogP contribution in [0.25, 0.3) is 0 Å². The van der Waals surface area contributed by atoms with Gasteiger partial charge in [-0.3, -0.25) is 0 Å². The maximum Gasteiger partial charge on any atom is 0.338 e. The highest BCUT2D eigenvalue weighted by Gasteiger charge is 2.10. The van der Waals surface area contributed by atoms with Crippen LogP contribution in [0.4, 0.5) is 4.39 Å². The highest BCUT2D eigenvalue weighted by atomic mass is 19.1. The van der Waals surface area contributed by atoms with Crippen LogP contribution in [0.5, 0.6) is 0 Å². The van der Waals surface area contributed by atoms with Gasteiger partial charge in [0.25, 0.3) is 0 Å². The molecule has 0 heterocycles. The maximum atomic E-state index is 13.0. The summed E-state index contributed by atoms with van der Waals surface area (Å²) in [6, 6.07) is 3.86. The summed E-state index contributed by atoms with van der Waals surface area (Å²) in [4.78, 5) is 10.6. The SMILES string of the molecule is C#CCCOCc1ccc(F)c(C(=O)O)c1. The van der Waals surface area contributed by atoms with E-state index in [9.17, 15) is 9.18 Å². The van der Waals surface area contributed by atoms with Crippen molar-refractivity contribution in [1.29, 1.82) is 0 Å². The number of hydrogen-bond donors (Lipinski definition) is 1. The number of ether oxygens (including phenoxy) is 1. The summed E-state index contributed by atoms with van der Waals surface area (Å²) in [5.41, 5.74) is 0.258. The number of carbonyl (C=O) groups is 1. The third-order valence-corrected chi connectivity index (χ3v) is 1.92. The molecule has 0 amide bonds. The molecule has 4 heteroatoms. The van der Waals surface area contributed by atoms with Crippen molar-refractivity contribution in [3.63, 3.8) is 0 Å². The minimum atomic E-state index is -1.29. The van der Waals surface area contributed by atoms with Gasteiger partial charge in [0.05, 0.1) is 18.8 Å². The summed E-state index contributed by atoms with van der Waals surface area (Å²) in [5, 5.41) is 8.69. The molecule has 0 fully saturated rings. The molecule has 0 bridgehead atoms. The number of carboxylic acid groups (broad SMARTS) is 1. The fraction of sp³-hybridized carbons (Fsp3) is 0.250. The van der Waals surface area contributed by atoms with E-state index < -0.39 is 11.8 Å². The van der Waals surface area contributed by atoms with Crippen molar-refractivity contribution < 1.29 is 19.0 Å². The van der Waals surface area contributed by atoms with E-state index in [0.29, 0.717) is 18.6 Å². The molecule has 0 spiro atoms. The lowest BCUT2D eigenvalue weighted by Gasteiger charge is -2.04. The fourth-order valence-corrected chi connectivity index (χ4v) is 1.15. The minimum absolute atomic E-state index is 0.224. The molecule has 1 aromatic rings. The Kier molecular flexibility index (Phi) is 4.49. The van der Waals surface area contributed by atoms with Gasteiger partial charge in [0.2, 0.25) is 0 Å². The smallest absolute Gasteiger partial charge is 0.338 e. The quantitative estimate of drug-likeness (QED) is 0.612. The number of rotatable bonds is 5. The normalized spacial score (nSPS) is 9.75. The van der Waals surface area contributed by atoms with Gasteiger partial charge in [-0.2, -0.15) is 0 Å². The molecule has 3 nitrogen and oxygen atoms in total. The Morgan fingerprint density at radius 1 is 1.56 bits per heavy atom. The minimum Gasteiger partial charge on any atom is -0.478 e. The van der Waals surface area contributed by atoms with Crippen LogP contribution < -0.4 is 0 Å². The van der Waals surface area contributed by atoms with Gasteiger partial charge in [0.1, 0.15) is 5.82 Å². The van der Waals surface area contributed by atoms with Gasteiger partial charge in [-0.05, 0) is 17.7 Å². The summed E-state index contributed by atoms with van der Waals surface area (Å²) in [7, 11) is 0. The van der Waals surface area contributed by atoms with E-state index >= 15 is 0 Å². The second-order valence-corrected chi connectivity index (χ2v) is 3.13. The van der Waals surface area contributed by atoms with Crippen molar-refractivity contribution in [2.75, 3.05) is 6.61 Å². The maximum absolute atomic E-state index is 13.0. The molecule has 0 aromatic heterocycles. The predicted molar refractivity (Wildman–Crippen MR) is 56.5 cm³/mol. The monoisotopic (exact) mass is 222 g/mol. The summed E-state index contributed by atoms with van der Waals surface area (Å²) in [5.74, 6) is 0.375. The van der Waals surface area contributed by atoms with E-state index in [0.717, 1.165) is 6.07 Å². The number of benzene rings is 1. The van der Waals surface area contributed by atoms with Crippen LogP contribution in [-0.2, 0) is 11.3 Å². The van der Waals surface area contributed by atoms with Crippen molar-refractivity contribution in [3.05, 3.63) is 35.1 Å². The Morgan fingerprint density at radius 3 is 2.94 bits per heavy atom. The Balaban J connectivity index is 2.65. The summed E-state index contributed by atoms with van der Waals surface area (Å²) in [6.45, 7) is 0.624. The predicted octanol–water partition coefficient (Wildman–Crippen LogP) is 2.06. The van der Waals surface area contributed by atoms with Crippen molar-refractivity contribution in [3.8, 4) is 12.3 Å². The van der Waals surface area contributed by atoms with Crippen LogP contribution in [0.2, 0.25) is 0 Å². The zero-order valence-corrected chi connectivity index (χ0v) is 8.57. The highest BCUT2D eigenvalue weighted by molar-refractivity contribution is 5.88. The molecular weight excluding hydrogens is 211 g/mol. The largest absolute Gasteiger partial charge is 0.478 e. The number of carboxylic acids is 1. The van der Waals surface area contributed by atoms with E-state index in [1.165, 1.54) is 12.1 Å². The lowest BCUT2D eigenvalue weighted by Crippen LogP contribution is -2.03. The standard InChI is InChI=1S/C12H11FO3/c1-2-3-6-16-8-9-4-5-11(13)10(7-9)12(14)15/h1,4-5,7H,3,6,8H2,(H,14,15). The third-order valence-electron chi connectivity index (χ3n) is 1.92. The first-order chi connectivity index (χ1) is 7.65. The molecule has 0 aliphatic rings. The Bertz CT molecular complexity index is 421. The first kappa shape index (κ1) is 12.2. The van der Waals surface area contributed by atoms with Crippen LogP contribution in [0, 0.1) is 18.2 Å². The fourth-order valence-electron chi connectivity index (χ4n) is 1.15. The lowest BCUT2D eigenvalue weighted by atomic mass is 10.1. The zero-order chi connectivity index (χ0) is 12.0. The third kappa shape index (κ3) is 3.37. The van der Waals surface area contributed by atoms with Gasteiger partial charge >= 0.3 is 5.97 Å². The number of terminal acetylenes is 1. The van der Waals surface area contributed by atoms with Crippen molar-refractivity contribution in [1.82, 2.24) is 0 Å². The van der Waals surface area contributed by atoms with Crippen LogP contribution >= 0.6 is 0 Å². The van der Waals surface area contributed by atoms with Gasteiger partial charge in [-0.1, -0.05) is 6.07 Å². The molecule has 1 rings (SSSR count). The molecule has 0 saturated carbocycles. The Morgan fingerprint density at radius 2 is 2.31 bits per heavy atom. The van der Waals surface area contributed by atoms with Gasteiger partial charge in [0, 0.05) is 6.42 Å². The average molecular weight is 222 g/mol. The molecule has 0 radical (unpaired) electrons. The second kappa shape index (κ2) is 5.89. The molecule has 84 valence electrons. The van der Waals surface area contributed by atoms with Crippen molar-refractivity contribution >= 4 is 5.97 Å². The highest BCUT2D eigenvalue weighted by Crippen LogP contribution is 2.11. The van der Waals surface area contributed by atoms with Crippen LogP contribution in [0.3, 0.4) is 0 Å². The van der Waals surface area contributed by atoms with E-state index in [4.69, 9.17) is 16.3 Å². The summed E-state index contributed by atoms with van der Waals surface area (Å²) < 4.78 is 18.2. The Hall–Kier alpha value is -1.86. The van der Waals surface area contributed by atoms with Crippen LogP contribution in [0.15, 0.2) is 18.2 Å². The lowest BCUT2D eigenvalue weighted by molar-refractivity contribution is 0.0691. The van der Waals surface area contributed by atoms with Gasteiger partial charge in [-0.15, -0.1) is 12.3 Å². The van der Waals surface area contributed by atoms with E-state index in [1.807, 2.05) is 0 Å². The molecule has 1 N–H and O–H groups in total. The Labute approximate surface area is 92.9 Å². The molecular formula is C12H11FO3. The first-order valence-corrected chi connectivity index (χ1v) is 4.68.